The average Bonchev–Trinajstić information content (AvgIpc) is 1.90. The van der Waals surface area contributed by atoms with E-state index in [2.05, 4.69) is 15.9 Å². The summed E-state index contributed by atoms with van der Waals surface area (Å²) in [5.41, 5.74) is 0. The maximum Gasteiger partial charge on any atom is 0.136 e. The summed E-state index contributed by atoms with van der Waals surface area (Å²) in [5, 5.41) is 0. The molecule has 1 rings (SSSR count). The molecule has 0 aliphatic carbocycles. The lowest BCUT2D eigenvalue weighted by atomic mass is 10.1. The molecule has 52 valence electrons. The molecule has 0 spiro atoms. The molecule has 0 N–H and O–H groups in total. The Hall–Kier alpha value is 0.500. The SMILES string of the molecule is O=CC1(Br)CCSCC1. The maximum absolute atomic E-state index is 10.4. The van der Waals surface area contributed by atoms with Gasteiger partial charge in [-0.25, -0.2) is 0 Å². The summed E-state index contributed by atoms with van der Waals surface area (Å²) in [7, 11) is 0. The molecule has 9 heavy (non-hydrogen) atoms. The number of hydrogen-bond donors (Lipinski definition) is 0. The second-order valence-corrected chi connectivity index (χ2v) is 5.07. The fourth-order valence-corrected chi connectivity index (χ4v) is 2.97. The lowest BCUT2D eigenvalue weighted by Crippen LogP contribution is -2.27. The Morgan fingerprint density at radius 3 is 2.33 bits per heavy atom. The van der Waals surface area contributed by atoms with Crippen molar-refractivity contribution in [2.45, 2.75) is 17.2 Å². The van der Waals surface area contributed by atoms with Gasteiger partial charge in [0.25, 0.3) is 0 Å². The van der Waals surface area contributed by atoms with Crippen LogP contribution in [0, 0.1) is 0 Å². The summed E-state index contributed by atoms with van der Waals surface area (Å²) in [6, 6.07) is 0. The second kappa shape index (κ2) is 3.06. The summed E-state index contributed by atoms with van der Waals surface area (Å²) < 4.78 is -0.168. The van der Waals surface area contributed by atoms with Crippen molar-refractivity contribution in [3.8, 4) is 0 Å². The molecule has 0 saturated carbocycles. The van der Waals surface area contributed by atoms with Crippen molar-refractivity contribution >= 4 is 34.0 Å². The van der Waals surface area contributed by atoms with Gasteiger partial charge in [0, 0.05) is 0 Å². The predicted molar refractivity (Wildman–Crippen MR) is 44.3 cm³/mol. The molecule has 1 fully saturated rings. The van der Waals surface area contributed by atoms with Crippen molar-refractivity contribution in [1.29, 1.82) is 0 Å². The molecule has 0 bridgehead atoms. The zero-order chi connectivity index (χ0) is 6.74. The highest BCUT2D eigenvalue weighted by molar-refractivity contribution is 9.10. The van der Waals surface area contributed by atoms with Gasteiger partial charge >= 0.3 is 0 Å². The van der Waals surface area contributed by atoms with Crippen LogP contribution in [0.25, 0.3) is 0 Å². The Morgan fingerprint density at radius 2 is 2.00 bits per heavy atom. The van der Waals surface area contributed by atoms with Crippen LogP contribution >= 0.6 is 27.7 Å². The van der Waals surface area contributed by atoms with Crippen LogP contribution in [0.4, 0.5) is 0 Å². The van der Waals surface area contributed by atoms with Gasteiger partial charge in [0.15, 0.2) is 0 Å². The summed E-state index contributed by atoms with van der Waals surface area (Å²) in [6.45, 7) is 0. The zero-order valence-corrected chi connectivity index (χ0v) is 7.50. The van der Waals surface area contributed by atoms with Gasteiger partial charge in [-0.15, -0.1) is 0 Å². The number of alkyl halides is 1. The van der Waals surface area contributed by atoms with Crippen LogP contribution in [0.5, 0.6) is 0 Å². The molecule has 1 saturated heterocycles. The number of carbonyl (C=O) groups is 1. The third-order valence-electron chi connectivity index (χ3n) is 1.54. The molecule has 1 nitrogen and oxygen atoms in total. The highest BCUT2D eigenvalue weighted by atomic mass is 79.9. The molecule has 0 radical (unpaired) electrons. The average molecular weight is 209 g/mol. The monoisotopic (exact) mass is 208 g/mol. The standard InChI is InChI=1S/C6H9BrOS/c7-6(5-8)1-3-9-4-2-6/h5H,1-4H2. The lowest BCUT2D eigenvalue weighted by Gasteiger charge is -2.24. The minimum atomic E-state index is -0.168. The number of hydrogen-bond acceptors (Lipinski definition) is 2. The van der Waals surface area contributed by atoms with Gasteiger partial charge in [-0.3, -0.25) is 0 Å². The molecule has 0 aromatic rings. The van der Waals surface area contributed by atoms with Crippen LogP contribution in [-0.2, 0) is 4.79 Å². The highest BCUT2D eigenvalue weighted by Crippen LogP contribution is 2.32. The Morgan fingerprint density at radius 1 is 1.44 bits per heavy atom. The van der Waals surface area contributed by atoms with Crippen LogP contribution in [0.1, 0.15) is 12.8 Å². The van der Waals surface area contributed by atoms with Crippen molar-refractivity contribution in [3.63, 3.8) is 0 Å². The molecule has 1 heterocycles. The normalized spacial score (nSPS) is 25.4. The molecular formula is C6H9BrOS. The molecule has 0 aromatic heterocycles. The van der Waals surface area contributed by atoms with Crippen molar-refractivity contribution < 1.29 is 4.79 Å². The third kappa shape index (κ3) is 1.97. The summed E-state index contributed by atoms with van der Waals surface area (Å²) in [5.74, 6) is 2.23. The van der Waals surface area contributed by atoms with Crippen LogP contribution in [-0.4, -0.2) is 22.1 Å². The van der Waals surface area contributed by atoms with Gasteiger partial charge in [-0.2, -0.15) is 11.8 Å². The molecule has 0 aromatic carbocycles. The Kier molecular flexibility index (Phi) is 2.59. The lowest BCUT2D eigenvalue weighted by molar-refractivity contribution is -0.109. The van der Waals surface area contributed by atoms with E-state index in [1.807, 2.05) is 11.8 Å². The van der Waals surface area contributed by atoms with Gasteiger partial charge in [0.2, 0.25) is 0 Å². The van der Waals surface area contributed by atoms with E-state index < -0.39 is 0 Å². The van der Waals surface area contributed by atoms with Gasteiger partial charge in [-0.05, 0) is 24.3 Å². The number of halogens is 1. The molecule has 0 atom stereocenters. The fourth-order valence-electron chi connectivity index (χ4n) is 0.829. The minimum Gasteiger partial charge on any atom is -0.302 e. The number of rotatable bonds is 1. The Bertz CT molecular complexity index is 110. The van der Waals surface area contributed by atoms with Crippen LogP contribution in [0.3, 0.4) is 0 Å². The molecule has 0 unspecified atom stereocenters. The fraction of sp³-hybridized carbons (Fsp3) is 0.833. The van der Waals surface area contributed by atoms with Crippen molar-refractivity contribution in [2.75, 3.05) is 11.5 Å². The maximum atomic E-state index is 10.4. The Labute approximate surface area is 67.7 Å². The van der Waals surface area contributed by atoms with E-state index in [9.17, 15) is 4.79 Å². The first-order valence-corrected chi connectivity index (χ1v) is 4.95. The molecule has 1 aliphatic rings. The summed E-state index contributed by atoms with van der Waals surface area (Å²) in [4.78, 5) is 10.4. The predicted octanol–water partition coefficient (Wildman–Crippen LogP) is 1.85. The van der Waals surface area contributed by atoms with Crippen molar-refractivity contribution in [3.05, 3.63) is 0 Å². The third-order valence-corrected chi connectivity index (χ3v) is 3.50. The summed E-state index contributed by atoms with van der Waals surface area (Å²) >= 11 is 5.34. The largest absolute Gasteiger partial charge is 0.302 e. The van der Waals surface area contributed by atoms with Gasteiger partial charge in [-0.1, -0.05) is 15.9 Å². The van der Waals surface area contributed by atoms with Crippen LogP contribution in [0.2, 0.25) is 0 Å². The van der Waals surface area contributed by atoms with E-state index >= 15 is 0 Å². The topological polar surface area (TPSA) is 17.1 Å². The smallest absolute Gasteiger partial charge is 0.136 e. The first-order chi connectivity index (χ1) is 4.27. The van der Waals surface area contributed by atoms with Crippen LogP contribution in [0.15, 0.2) is 0 Å². The van der Waals surface area contributed by atoms with Crippen molar-refractivity contribution in [1.82, 2.24) is 0 Å². The summed E-state index contributed by atoms with van der Waals surface area (Å²) in [6.07, 6.45) is 3.01. The number of carbonyl (C=O) groups excluding carboxylic acids is 1. The molecule has 3 heteroatoms. The Balaban J connectivity index is 2.46. The minimum absolute atomic E-state index is 0.168. The van der Waals surface area contributed by atoms with Gasteiger partial charge in [0.05, 0.1) is 4.32 Å². The first-order valence-electron chi connectivity index (χ1n) is 3.00. The van der Waals surface area contributed by atoms with E-state index in [0.29, 0.717) is 0 Å². The second-order valence-electron chi connectivity index (χ2n) is 2.26. The van der Waals surface area contributed by atoms with Crippen LogP contribution < -0.4 is 0 Å². The molecule has 1 aliphatic heterocycles. The highest BCUT2D eigenvalue weighted by Gasteiger charge is 2.27. The number of thioether (sulfide) groups is 1. The quantitative estimate of drug-likeness (QED) is 0.484. The van der Waals surface area contributed by atoms with E-state index in [1.54, 1.807) is 0 Å². The van der Waals surface area contributed by atoms with E-state index in [4.69, 9.17) is 0 Å². The molecular weight excluding hydrogens is 200 g/mol. The van der Waals surface area contributed by atoms with E-state index in [-0.39, 0.29) is 4.32 Å². The first kappa shape index (κ1) is 7.61. The number of aldehydes is 1. The van der Waals surface area contributed by atoms with E-state index in [0.717, 1.165) is 30.6 Å². The van der Waals surface area contributed by atoms with Gasteiger partial charge in [0.1, 0.15) is 6.29 Å². The van der Waals surface area contributed by atoms with Gasteiger partial charge < -0.3 is 4.79 Å². The zero-order valence-electron chi connectivity index (χ0n) is 5.10. The molecule has 0 amide bonds. The van der Waals surface area contributed by atoms with E-state index in [1.165, 1.54) is 0 Å². The van der Waals surface area contributed by atoms with Crippen molar-refractivity contribution in [2.24, 2.45) is 0 Å².